The van der Waals surface area contributed by atoms with Crippen LogP contribution < -0.4 is 4.74 Å². The van der Waals surface area contributed by atoms with Crippen LogP contribution in [0.4, 0.5) is 0 Å². The molecule has 0 saturated heterocycles. The molecule has 0 amide bonds. The largest absolute Gasteiger partial charge is 0.484 e. The van der Waals surface area contributed by atoms with Crippen LogP contribution in [0.5, 0.6) is 5.75 Å². The Kier molecular flexibility index (Phi) is 4.93. The minimum Gasteiger partial charge on any atom is -0.484 e. The van der Waals surface area contributed by atoms with Crippen LogP contribution >= 0.6 is 15.9 Å². The number of aromatic nitrogens is 2. The fourth-order valence-electron chi connectivity index (χ4n) is 1.57. The van der Waals surface area contributed by atoms with E-state index >= 15 is 0 Å². The van der Waals surface area contributed by atoms with Gasteiger partial charge in [0.2, 0.25) is 11.7 Å². The van der Waals surface area contributed by atoms with Crippen molar-refractivity contribution in [3.8, 4) is 5.75 Å². The van der Waals surface area contributed by atoms with Crippen LogP contribution in [0.25, 0.3) is 0 Å². The highest BCUT2D eigenvalue weighted by molar-refractivity contribution is 9.10. The molecular formula is C13H15BrN2O3. The SMILES string of the molecule is CCCc1nc(COc2ccc(CO)cc2Br)no1. The summed E-state index contributed by atoms with van der Waals surface area (Å²) < 4.78 is 11.5. The van der Waals surface area contributed by atoms with Gasteiger partial charge in [-0.1, -0.05) is 18.1 Å². The van der Waals surface area contributed by atoms with Crippen LogP contribution in [0.15, 0.2) is 27.2 Å². The van der Waals surface area contributed by atoms with Crippen LogP contribution in [0, 0.1) is 0 Å². The molecular weight excluding hydrogens is 312 g/mol. The van der Waals surface area contributed by atoms with Gasteiger partial charge in [-0.25, -0.2) is 0 Å². The molecule has 0 fully saturated rings. The van der Waals surface area contributed by atoms with Gasteiger partial charge < -0.3 is 14.4 Å². The van der Waals surface area contributed by atoms with Gasteiger partial charge in [-0.3, -0.25) is 0 Å². The van der Waals surface area contributed by atoms with Gasteiger partial charge in [0.05, 0.1) is 11.1 Å². The minimum atomic E-state index is 0.00407. The van der Waals surface area contributed by atoms with Gasteiger partial charge in [0.1, 0.15) is 5.75 Å². The summed E-state index contributed by atoms with van der Waals surface area (Å²) in [5.74, 6) is 1.84. The number of benzene rings is 1. The van der Waals surface area contributed by atoms with E-state index in [0.29, 0.717) is 17.5 Å². The molecule has 0 aliphatic rings. The highest BCUT2D eigenvalue weighted by Crippen LogP contribution is 2.26. The smallest absolute Gasteiger partial charge is 0.226 e. The van der Waals surface area contributed by atoms with Crippen molar-refractivity contribution >= 4 is 15.9 Å². The number of aliphatic hydroxyl groups is 1. The van der Waals surface area contributed by atoms with E-state index in [2.05, 4.69) is 33.0 Å². The Hall–Kier alpha value is -1.40. The number of rotatable bonds is 6. The predicted molar refractivity (Wildman–Crippen MR) is 72.7 cm³/mol. The summed E-state index contributed by atoms with van der Waals surface area (Å²) in [6.07, 6.45) is 1.75. The van der Waals surface area contributed by atoms with Crippen molar-refractivity contribution in [2.75, 3.05) is 0 Å². The molecule has 0 aliphatic heterocycles. The van der Waals surface area contributed by atoms with E-state index in [9.17, 15) is 0 Å². The lowest BCUT2D eigenvalue weighted by Crippen LogP contribution is -1.99. The third kappa shape index (κ3) is 3.78. The molecule has 1 N–H and O–H groups in total. The molecule has 19 heavy (non-hydrogen) atoms. The quantitative estimate of drug-likeness (QED) is 0.883. The van der Waals surface area contributed by atoms with Gasteiger partial charge in [0.25, 0.3) is 0 Å². The van der Waals surface area contributed by atoms with Gasteiger partial charge in [0, 0.05) is 6.42 Å². The lowest BCUT2D eigenvalue weighted by molar-refractivity contribution is 0.277. The zero-order valence-corrected chi connectivity index (χ0v) is 12.2. The van der Waals surface area contributed by atoms with Crippen molar-refractivity contribution in [2.45, 2.75) is 33.0 Å². The third-order valence-corrected chi connectivity index (χ3v) is 3.13. The van der Waals surface area contributed by atoms with Crippen LogP contribution in [0.2, 0.25) is 0 Å². The maximum absolute atomic E-state index is 9.02. The second-order valence-corrected chi connectivity index (χ2v) is 4.92. The first-order chi connectivity index (χ1) is 9.22. The van der Waals surface area contributed by atoms with Crippen molar-refractivity contribution < 1.29 is 14.4 Å². The third-order valence-electron chi connectivity index (χ3n) is 2.51. The first-order valence-electron chi connectivity index (χ1n) is 6.06. The number of hydrogen-bond acceptors (Lipinski definition) is 5. The first kappa shape index (κ1) is 14.0. The molecule has 2 rings (SSSR count). The van der Waals surface area contributed by atoms with Crippen molar-refractivity contribution in [1.29, 1.82) is 0 Å². The van der Waals surface area contributed by atoms with Gasteiger partial charge in [-0.2, -0.15) is 4.98 Å². The molecule has 2 aromatic rings. The van der Waals surface area contributed by atoms with E-state index in [1.807, 2.05) is 6.07 Å². The molecule has 0 unspecified atom stereocenters. The average molecular weight is 327 g/mol. The van der Waals surface area contributed by atoms with Crippen molar-refractivity contribution in [3.05, 3.63) is 40.0 Å². The van der Waals surface area contributed by atoms with Crippen molar-refractivity contribution in [3.63, 3.8) is 0 Å². The van der Waals surface area contributed by atoms with E-state index in [1.54, 1.807) is 12.1 Å². The second kappa shape index (κ2) is 6.68. The van der Waals surface area contributed by atoms with E-state index in [1.165, 1.54) is 0 Å². The van der Waals surface area contributed by atoms with E-state index < -0.39 is 0 Å². The summed E-state index contributed by atoms with van der Waals surface area (Å²) in [6.45, 7) is 2.31. The van der Waals surface area contributed by atoms with Gasteiger partial charge >= 0.3 is 0 Å². The minimum absolute atomic E-state index is 0.00407. The highest BCUT2D eigenvalue weighted by Gasteiger charge is 2.08. The average Bonchev–Trinajstić information content (AvgIpc) is 2.85. The van der Waals surface area contributed by atoms with E-state index in [0.717, 1.165) is 22.9 Å². The summed E-state index contributed by atoms with van der Waals surface area (Å²) in [5, 5.41) is 12.9. The summed E-state index contributed by atoms with van der Waals surface area (Å²) in [7, 11) is 0. The molecule has 0 atom stereocenters. The van der Waals surface area contributed by atoms with Crippen molar-refractivity contribution in [2.24, 2.45) is 0 Å². The Morgan fingerprint density at radius 2 is 2.26 bits per heavy atom. The van der Waals surface area contributed by atoms with E-state index in [4.69, 9.17) is 14.4 Å². The van der Waals surface area contributed by atoms with Gasteiger partial charge in [0.15, 0.2) is 6.61 Å². The maximum atomic E-state index is 9.02. The fraction of sp³-hybridized carbons (Fsp3) is 0.385. The lowest BCUT2D eigenvalue weighted by Gasteiger charge is -2.06. The normalized spacial score (nSPS) is 10.7. The zero-order valence-electron chi connectivity index (χ0n) is 10.6. The lowest BCUT2D eigenvalue weighted by atomic mass is 10.2. The van der Waals surface area contributed by atoms with Gasteiger partial charge in [-0.05, 0) is 40.0 Å². The molecule has 0 spiro atoms. The van der Waals surface area contributed by atoms with Crippen LogP contribution in [0.1, 0.15) is 30.6 Å². The number of halogens is 1. The first-order valence-corrected chi connectivity index (χ1v) is 6.85. The molecule has 6 heteroatoms. The van der Waals surface area contributed by atoms with Crippen LogP contribution in [-0.2, 0) is 19.6 Å². The fourth-order valence-corrected chi connectivity index (χ4v) is 2.11. The monoisotopic (exact) mass is 326 g/mol. The summed E-state index contributed by atoms with van der Waals surface area (Å²) >= 11 is 3.39. The molecule has 0 aliphatic carbocycles. The summed E-state index contributed by atoms with van der Waals surface area (Å²) in [4.78, 5) is 4.22. The number of nitrogens with zero attached hydrogens (tertiary/aromatic N) is 2. The molecule has 1 heterocycles. The Labute approximate surface area is 119 Å². The van der Waals surface area contributed by atoms with Gasteiger partial charge in [-0.15, -0.1) is 0 Å². The van der Waals surface area contributed by atoms with Crippen LogP contribution in [-0.4, -0.2) is 15.2 Å². The highest BCUT2D eigenvalue weighted by atomic mass is 79.9. The van der Waals surface area contributed by atoms with Crippen molar-refractivity contribution in [1.82, 2.24) is 10.1 Å². The number of ether oxygens (including phenoxy) is 1. The standard InChI is InChI=1S/C13H15BrN2O3/c1-2-3-13-15-12(16-19-13)8-18-11-5-4-9(7-17)6-10(11)14/h4-6,17H,2-3,7-8H2,1H3. The molecule has 0 saturated carbocycles. The molecule has 1 aromatic heterocycles. The maximum Gasteiger partial charge on any atom is 0.226 e. The summed E-state index contributed by atoms with van der Waals surface area (Å²) in [5.41, 5.74) is 0.823. The van der Waals surface area contributed by atoms with Crippen LogP contribution in [0.3, 0.4) is 0 Å². The Bertz CT molecular complexity index is 542. The zero-order chi connectivity index (χ0) is 13.7. The molecule has 102 valence electrons. The Balaban J connectivity index is 1.97. The Morgan fingerprint density at radius 3 is 2.95 bits per heavy atom. The van der Waals surface area contributed by atoms with E-state index in [-0.39, 0.29) is 13.2 Å². The molecule has 1 aromatic carbocycles. The topological polar surface area (TPSA) is 68.4 Å². The Morgan fingerprint density at radius 1 is 1.42 bits per heavy atom. The second-order valence-electron chi connectivity index (χ2n) is 4.07. The molecule has 0 bridgehead atoms. The number of hydrogen-bond donors (Lipinski definition) is 1. The number of aliphatic hydroxyl groups excluding tert-OH is 1. The molecule has 5 nitrogen and oxygen atoms in total. The number of aryl methyl sites for hydroxylation is 1. The predicted octanol–water partition coefficient (Wildman–Crippen LogP) is 2.86. The summed E-state index contributed by atoms with van der Waals surface area (Å²) in [6, 6.07) is 5.41. The molecule has 0 radical (unpaired) electrons.